The lowest BCUT2D eigenvalue weighted by atomic mass is 10.3. The summed E-state index contributed by atoms with van der Waals surface area (Å²) in [6.07, 6.45) is 0. The number of aliphatic carboxylic acids is 1. The number of likely N-dealkylation sites (N-methyl/N-ethyl adjacent to an activating group) is 1. The third-order valence-electron chi connectivity index (χ3n) is 2.32. The zero-order valence-electron chi connectivity index (χ0n) is 10.0. The van der Waals surface area contributed by atoms with Crippen LogP contribution in [-0.4, -0.2) is 41.5 Å². The summed E-state index contributed by atoms with van der Waals surface area (Å²) in [4.78, 5) is 23.9. The maximum Gasteiger partial charge on any atom is 0.317 e. The molecule has 1 aromatic carbocycles. The number of hydrogen-bond acceptors (Lipinski definition) is 3. The fraction of sp³-hybridized carbons (Fsp3) is 0.333. The Balaban J connectivity index is 2.55. The molecule has 0 saturated heterocycles. The van der Waals surface area contributed by atoms with Crippen molar-refractivity contribution in [3.8, 4) is 0 Å². The van der Waals surface area contributed by atoms with Gasteiger partial charge < -0.3 is 10.4 Å². The molecular weight excluding hydrogens is 347 g/mol. The predicted octanol–water partition coefficient (Wildman–Crippen LogP) is 1.64. The molecule has 0 unspecified atom stereocenters. The zero-order chi connectivity index (χ0) is 13.5. The Morgan fingerprint density at radius 1 is 1.33 bits per heavy atom. The van der Waals surface area contributed by atoms with Gasteiger partial charge in [-0.25, -0.2) is 0 Å². The molecule has 0 radical (unpaired) electrons. The highest BCUT2D eigenvalue weighted by Gasteiger charge is 2.12. The quantitative estimate of drug-likeness (QED) is 0.755. The van der Waals surface area contributed by atoms with E-state index in [0.29, 0.717) is 6.54 Å². The molecule has 0 saturated carbocycles. The lowest BCUT2D eigenvalue weighted by Crippen LogP contribution is -2.36. The second-order valence-corrected chi connectivity index (χ2v) is 4.89. The molecule has 0 aliphatic carbocycles. The number of carbonyl (C=O) groups excluding carboxylic acids is 1. The van der Waals surface area contributed by atoms with E-state index in [0.717, 1.165) is 9.26 Å². The second-order valence-electron chi connectivity index (χ2n) is 3.73. The van der Waals surface area contributed by atoms with E-state index < -0.39 is 5.97 Å². The monoisotopic (exact) mass is 362 g/mol. The van der Waals surface area contributed by atoms with Gasteiger partial charge >= 0.3 is 5.97 Å². The highest BCUT2D eigenvalue weighted by molar-refractivity contribution is 14.1. The molecule has 0 atom stereocenters. The van der Waals surface area contributed by atoms with Crippen molar-refractivity contribution in [1.29, 1.82) is 0 Å². The Kier molecular flexibility index (Phi) is 6.06. The van der Waals surface area contributed by atoms with E-state index in [1.165, 1.54) is 0 Å². The normalized spacial score (nSPS) is 10.4. The van der Waals surface area contributed by atoms with Gasteiger partial charge in [0, 0.05) is 3.57 Å². The van der Waals surface area contributed by atoms with Crippen molar-refractivity contribution in [2.75, 3.05) is 25.0 Å². The van der Waals surface area contributed by atoms with E-state index in [4.69, 9.17) is 5.11 Å². The van der Waals surface area contributed by atoms with Crippen LogP contribution in [0.25, 0.3) is 0 Å². The minimum Gasteiger partial charge on any atom is -0.480 e. The Bertz CT molecular complexity index is 437. The minimum atomic E-state index is -0.932. The molecule has 1 aromatic rings. The number of amides is 1. The maximum absolute atomic E-state index is 11.8. The smallest absolute Gasteiger partial charge is 0.317 e. The van der Waals surface area contributed by atoms with E-state index >= 15 is 0 Å². The lowest BCUT2D eigenvalue weighted by molar-refractivity contribution is -0.138. The van der Waals surface area contributed by atoms with Crippen molar-refractivity contribution in [1.82, 2.24) is 4.90 Å². The number of carboxylic acid groups (broad SMARTS) is 1. The van der Waals surface area contributed by atoms with Crippen molar-refractivity contribution in [2.45, 2.75) is 6.92 Å². The summed E-state index contributed by atoms with van der Waals surface area (Å²) in [7, 11) is 0. The van der Waals surface area contributed by atoms with E-state index in [-0.39, 0.29) is 19.0 Å². The van der Waals surface area contributed by atoms with E-state index in [9.17, 15) is 9.59 Å². The summed E-state index contributed by atoms with van der Waals surface area (Å²) < 4.78 is 0.949. The number of carboxylic acids is 1. The van der Waals surface area contributed by atoms with Gasteiger partial charge in [-0.2, -0.15) is 0 Å². The van der Waals surface area contributed by atoms with E-state index in [1.54, 1.807) is 4.90 Å². The Morgan fingerprint density at radius 3 is 2.56 bits per heavy atom. The number of halogens is 1. The van der Waals surface area contributed by atoms with Gasteiger partial charge in [-0.15, -0.1) is 0 Å². The molecule has 0 fully saturated rings. The van der Waals surface area contributed by atoms with Crippen LogP contribution in [0.4, 0.5) is 5.69 Å². The van der Waals surface area contributed by atoms with Gasteiger partial charge in [0.05, 0.1) is 18.8 Å². The number of hydrogen-bond donors (Lipinski definition) is 2. The standard InChI is InChI=1S/C12H15IN2O3/c1-2-15(8-12(17)18)7-11(16)14-10-6-4-3-5-9(10)13/h3-6H,2,7-8H2,1H3,(H,14,16)(H,17,18). The van der Waals surface area contributed by atoms with Gasteiger partial charge in [0.1, 0.15) is 0 Å². The molecule has 0 spiro atoms. The van der Waals surface area contributed by atoms with Crippen molar-refractivity contribution in [3.05, 3.63) is 27.8 Å². The second kappa shape index (κ2) is 7.32. The molecule has 0 heterocycles. The molecular formula is C12H15IN2O3. The number of carbonyl (C=O) groups is 2. The average Bonchev–Trinajstić information content (AvgIpc) is 2.30. The fourth-order valence-corrected chi connectivity index (χ4v) is 1.95. The molecule has 0 aromatic heterocycles. The number of nitrogens with one attached hydrogen (secondary N) is 1. The molecule has 1 rings (SSSR count). The summed E-state index contributed by atoms with van der Waals surface area (Å²) in [6, 6.07) is 7.44. The van der Waals surface area contributed by atoms with Gasteiger partial charge in [-0.1, -0.05) is 19.1 Å². The van der Waals surface area contributed by atoms with Crippen LogP contribution < -0.4 is 5.32 Å². The zero-order valence-corrected chi connectivity index (χ0v) is 12.2. The number of benzene rings is 1. The van der Waals surface area contributed by atoms with Crippen LogP contribution in [-0.2, 0) is 9.59 Å². The molecule has 98 valence electrons. The third kappa shape index (κ3) is 5.01. The summed E-state index contributed by atoms with van der Waals surface area (Å²) >= 11 is 2.13. The first-order valence-electron chi connectivity index (χ1n) is 5.51. The fourth-order valence-electron chi connectivity index (χ4n) is 1.43. The van der Waals surface area contributed by atoms with Crippen LogP contribution in [0.15, 0.2) is 24.3 Å². The molecule has 6 heteroatoms. The van der Waals surface area contributed by atoms with Gasteiger partial charge in [0.25, 0.3) is 0 Å². The highest BCUT2D eigenvalue weighted by atomic mass is 127. The highest BCUT2D eigenvalue weighted by Crippen LogP contribution is 2.16. The van der Waals surface area contributed by atoms with Crippen LogP contribution in [0.2, 0.25) is 0 Å². The first kappa shape index (κ1) is 14.9. The number of anilines is 1. The Labute approximate surface area is 119 Å². The van der Waals surface area contributed by atoms with Crippen molar-refractivity contribution >= 4 is 40.2 Å². The molecule has 0 aliphatic rings. The summed E-state index contributed by atoms with van der Waals surface area (Å²) in [6.45, 7) is 2.29. The first-order chi connectivity index (χ1) is 8.52. The number of rotatable bonds is 6. The van der Waals surface area contributed by atoms with Crippen LogP contribution in [0.1, 0.15) is 6.92 Å². The van der Waals surface area contributed by atoms with E-state index in [2.05, 4.69) is 27.9 Å². The van der Waals surface area contributed by atoms with Crippen LogP contribution >= 0.6 is 22.6 Å². The number of para-hydroxylation sites is 1. The molecule has 2 N–H and O–H groups in total. The molecule has 0 aliphatic heterocycles. The summed E-state index contributed by atoms with van der Waals surface area (Å²) in [5.41, 5.74) is 0.745. The molecule has 0 bridgehead atoms. The van der Waals surface area contributed by atoms with Crippen LogP contribution in [0, 0.1) is 3.57 Å². The van der Waals surface area contributed by atoms with Gasteiger partial charge in [-0.3, -0.25) is 14.5 Å². The van der Waals surface area contributed by atoms with Gasteiger partial charge in [0.15, 0.2) is 0 Å². The SMILES string of the molecule is CCN(CC(=O)O)CC(=O)Nc1ccccc1I. The first-order valence-corrected chi connectivity index (χ1v) is 6.59. The summed E-state index contributed by atoms with van der Waals surface area (Å²) in [5, 5.41) is 11.5. The number of nitrogens with zero attached hydrogens (tertiary/aromatic N) is 1. The topological polar surface area (TPSA) is 69.6 Å². The molecule has 18 heavy (non-hydrogen) atoms. The third-order valence-corrected chi connectivity index (χ3v) is 3.26. The molecule has 5 nitrogen and oxygen atoms in total. The Morgan fingerprint density at radius 2 is 2.00 bits per heavy atom. The maximum atomic E-state index is 11.8. The van der Waals surface area contributed by atoms with Crippen LogP contribution in [0.3, 0.4) is 0 Å². The van der Waals surface area contributed by atoms with E-state index in [1.807, 2.05) is 31.2 Å². The van der Waals surface area contributed by atoms with Crippen molar-refractivity contribution in [3.63, 3.8) is 0 Å². The lowest BCUT2D eigenvalue weighted by Gasteiger charge is -2.17. The summed E-state index contributed by atoms with van der Waals surface area (Å²) in [5.74, 6) is -1.14. The van der Waals surface area contributed by atoms with Crippen molar-refractivity contribution in [2.24, 2.45) is 0 Å². The van der Waals surface area contributed by atoms with Crippen LogP contribution in [0.5, 0.6) is 0 Å². The minimum absolute atomic E-state index is 0.0772. The molecule has 1 amide bonds. The Hall–Kier alpha value is -1.15. The predicted molar refractivity (Wildman–Crippen MR) is 77.5 cm³/mol. The van der Waals surface area contributed by atoms with Gasteiger partial charge in [-0.05, 0) is 41.3 Å². The van der Waals surface area contributed by atoms with Crippen molar-refractivity contribution < 1.29 is 14.7 Å². The van der Waals surface area contributed by atoms with Gasteiger partial charge in [0.2, 0.25) is 5.91 Å². The average molecular weight is 362 g/mol. The largest absolute Gasteiger partial charge is 0.480 e.